The molecule has 2 aromatic rings. The molecule has 0 saturated carbocycles. The lowest BCUT2D eigenvalue weighted by Crippen LogP contribution is -2.31. The fourth-order valence-corrected chi connectivity index (χ4v) is 3.73. The topological polar surface area (TPSA) is 20.3 Å². The molecule has 0 radical (unpaired) electrons. The number of thiophene rings is 1. The second-order valence-corrected chi connectivity index (χ2v) is 6.25. The minimum absolute atomic E-state index is 0.259. The molecule has 2 heterocycles. The van der Waals surface area contributed by atoms with E-state index in [1.807, 2.05) is 24.3 Å². The molecule has 2 nitrogen and oxygen atoms in total. The first-order valence-electron chi connectivity index (χ1n) is 5.84. The normalized spacial score (nSPS) is 14.7. The summed E-state index contributed by atoms with van der Waals surface area (Å²) in [5.41, 5.74) is 1.93. The number of fused-ring (bicyclic) bond motifs is 1. The Morgan fingerprint density at radius 1 is 1.33 bits per heavy atom. The van der Waals surface area contributed by atoms with Crippen LogP contribution in [-0.2, 0) is 6.54 Å². The Labute approximate surface area is 118 Å². The number of benzene rings is 1. The first-order chi connectivity index (χ1) is 8.74. The van der Waals surface area contributed by atoms with Gasteiger partial charge in [0.25, 0.3) is 0 Å². The number of halogens is 1. The van der Waals surface area contributed by atoms with E-state index in [1.54, 1.807) is 11.3 Å². The maximum atomic E-state index is 11.9. The van der Waals surface area contributed by atoms with Gasteiger partial charge in [0.15, 0.2) is 5.78 Å². The van der Waals surface area contributed by atoms with Crippen LogP contribution in [0.25, 0.3) is 0 Å². The molecule has 0 aliphatic carbocycles. The highest BCUT2D eigenvalue weighted by molar-refractivity contribution is 9.10. The van der Waals surface area contributed by atoms with Crippen molar-refractivity contribution in [2.75, 3.05) is 11.4 Å². The van der Waals surface area contributed by atoms with Crippen LogP contribution in [0.2, 0.25) is 0 Å². The Hall–Kier alpha value is -1.13. The van der Waals surface area contributed by atoms with Crippen LogP contribution in [0.5, 0.6) is 0 Å². The van der Waals surface area contributed by atoms with Crippen molar-refractivity contribution < 1.29 is 4.79 Å². The Morgan fingerprint density at radius 3 is 2.94 bits per heavy atom. The van der Waals surface area contributed by atoms with E-state index in [2.05, 4.69) is 32.3 Å². The van der Waals surface area contributed by atoms with E-state index in [4.69, 9.17) is 0 Å². The van der Waals surface area contributed by atoms with Crippen LogP contribution in [0, 0.1) is 0 Å². The molecule has 0 atom stereocenters. The van der Waals surface area contributed by atoms with Crippen LogP contribution in [-0.4, -0.2) is 12.3 Å². The average molecular weight is 322 g/mol. The number of carbonyl (C=O) groups excluding carboxylic acids is 1. The Balaban J connectivity index is 1.90. The number of rotatable bonds is 2. The Kier molecular flexibility index (Phi) is 3.22. The summed E-state index contributed by atoms with van der Waals surface area (Å²) in [6.07, 6.45) is 0.615. The lowest BCUT2D eigenvalue weighted by Gasteiger charge is -2.30. The molecule has 0 saturated heterocycles. The summed E-state index contributed by atoms with van der Waals surface area (Å²) in [5, 5.41) is 2.09. The molecule has 0 bridgehead atoms. The van der Waals surface area contributed by atoms with Crippen LogP contribution in [0.15, 0.2) is 40.2 Å². The highest BCUT2D eigenvalue weighted by Crippen LogP contribution is 2.30. The average Bonchev–Trinajstić information content (AvgIpc) is 2.79. The number of ketones is 1. The minimum Gasteiger partial charge on any atom is -0.365 e. The molecule has 0 N–H and O–H groups in total. The molecule has 0 unspecified atom stereocenters. The fraction of sp³-hybridized carbons (Fsp3) is 0.214. The van der Waals surface area contributed by atoms with Gasteiger partial charge < -0.3 is 4.90 Å². The summed E-state index contributed by atoms with van der Waals surface area (Å²) in [5.74, 6) is 0.259. The monoisotopic (exact) mass is 321 g/mol. The van der Waals surface area contributed by atoms with Crippen molar-refractivity contribution in [1.29, 1.82) is 0 Å². The molecule has 4 heteroatoms. The van der Waals surface area contributed by atoms with E-state index in [1.165, 1.54) is 4.88 Å². The van der Waals surface area contributed by atoms with E-state index >= 15 is 0 Å². The number of Topliss-reactive ketones (excluding diaryl/α,β-unsaturated/α-hetero) is 1. The van der Waals surface area contributed by atoms with E-state index in [0.29, 0.717) is 6.42 Å². The predicted octanol–water partition coefficient (Wildman–Crippen LogP) is 4.10. The Bertz CT molecular complexity index is 593. The standard InChI is InChI=1S/C14H12BrNOS/c15-10-7-11(18-9-10)8-16-6-5-14(17)12-3-1-2-4-13(12)16/h1-4,7,9H,5-6,8H2. The predicted molar refractivity (Wildman–Crippen MR) is 78.5 cm³/mol. The lowest BCUT2D eigenvalue weighted by atomic mass is 10.0. The maximum Gasteiger partial charge on any atom is 0.166 e. The van der Waals surface area contributed by atoms with Crippen LogP contribution >= 0.6 is 27.3 Å². The van der Waals surface area contributed by atoms with Gasteiger partial charge in [-0.25, -0.2) is 0 Å². The van der Waals surface area contributed by atoms with Gasteiger partial charge in [0.2, 0.25) is 0 Å². The fourth-order valence-electron chi connectivity index (χ4n) is 2.27. The largest absolute Gasteiger partial charge is 0.365 e. The number of nitrogens with zero attached hydrogens (tertiary/aromatic N) is 1. The summed E-state index contributed by atoms with van der Waals surface area (Å²) < 4.78 is 1.13. The summed E-state index contributed by atoms with van der Waals surface area (Å²) in [6, 6.07) is 10.0. The maximum absolute atomic E-state index is 11.9. The smallest absolute Gasteiger partial charge is 0.166 e. The van der Waals surface area contributed by atoms with Crippen molar-refractivity contribution in [3.63, 3.8) is 0 Å². The van der Waals surface area contributed by atoms with Crippen LogP contribution in [0.4, 0.5) is 5.69 Å². The van der Waals surface area contributed by atoms with Crippen molar-refractivity contribution in [3.8, 4) is 0 Å². The summed E-state index contributed by atoms with van der Waals surface area (Å²) >= 11 is 5.22. The van der Waals surface area contributed by atoms with Gasteiger partial charge in [-0.2, -0.15) is 0 Å². The summed E-state index contributed by atoms with van der Waals surface area (Å²) in [6.45, 7) is 1.69. The minimum atomic E-state index is 0.259. The van der Waals surface area contributed by atoms with Crippen molar-refractivity contribution in [2.24, 2.45) is 0 Å². The van der Waals surface area contributed by atoms with Crippen molar-refractivity contribution in [2.45, 2.75) is 13.0 Å². The molecule has 1 aromatic heterocycles. The number of anilines is 1. The molecule has 3 rings (SSSR count). The van der Waals surface area contributed by atoms with Gasteiger partial charge in [0.05, 0.1) is 6.54 Å². The van der Waals surface area contributed by atoms with Gasteiger partial charge >= 0.3 is 0 Å². The second-order valence-electron chi connectivity index (χ2n) is 4.34. The van der Waals surface area contributed by atoms with Gasteiger partial charge in [0.1, 0.15) is 0 Å². The summed E-state index contributed by atoms with van der Waals surface area (Å²) in [7, 11) is 0. The molecule has 0 spiro atoms. The molecular weight excluding hydrogens is 310 g/mol. The van der Waals surface area contributed by atoms with Gasteiger partial charge in [-0.15, -0.1) is 11.3 Å². The zero-order valence-electron chi connectivity index (χ0n) is 9.73. The zero-order valence-corrected chi connectivity index (χ0v) is 12.1. The van der Waals surface area contributed by atoms with Crippen LogP contribution < -0.4 is 4.90 Å². The van der Waals surface area contributed by atoms with E-state index in [9.17, 15) is 4.79 Å². The zero-order chi connectivity index (χ0) is 12.5. The third-order valence-electron chi connectivity index (χ3n) is 3.12. The van der Waals surface area contributed by atoms with Gasteiger partial charge in [-0.1, -0.05) is 12.1 Å². The quantitative estimate of drug-likeness (QED) is 0.829. The SMILES string of the molecule is O=C1CCN(Cc2cc(Br)cs2)c2ccccc21. The number of hydrogen-bond acceptors (Lipinski definition) is 3. The molecule has 1 aliphatic rings. The van der Waals surface area contributed by atoms with Crippen LogP contribution in [0.3, 0.4) is 0 Å². The Morgan fingerprint density at radius 2 is 2.17 bits per heavy atom. The van der Waals surface area contributed by atoms with E-state index in [-0.39, 0.29) is 5.78 Å². The van der Waals surface area contributed by atoms with Crippen molar-refractivity contribution in [3.05, 3.63) is 50.6 Å². The van der Waals surface area contributed by atoms with E-state index < -0.39 is 0 Å². The second kappa shape index (κ2) is 4.86. The van der Waals surface area contributed by atoms with E-state index in [0.717, 1.165) is 28.8 Å². The first kappa shape index (κ1) is 11.9. The molecule has 1 aliphatic heterocycles. The van der Waals surface area contributed by atoms with Gasteiger partial charge in [0, 0.05) is 38.9 Å². The number of para-hydroxylation sites is 1. The summed E-state index contributed by atoms with van der Waals surface area (Å²) in [4.78, 5) is 15.5. The third-order valence-corrected chi connectivity index (χ3v) is 4.80. The molecule has 0 amide bonds. The van der Waals surface area contributed by atoms with Crippen molar-refractivity contribution in [1.82, 2.24) is 0 Å². The highest BCUT2D eigenvalue weighted by Gasteiger charge is 2.22. The molecule has 92 valence electrons. The molecular formula is C14H12BrNOS. The lowest BCUT2D eigenvalue weighted by molar-refractivity contribution is 0.0979. The molecule has 1 aromatic carbocycles. The number of hydrogen-bond donors (Lipinski definition) is 0. The third kappa shape index (κ3) is 2.22. The highest BCUT2D eigenvalue weighted by atomic mass is 79.9. The van der Waals surface area contributed by atoms with Gasteiger partial charge in [-0.05, 0) is 34.1 Å². The van der Waals surface area contributed by atoms with Crippen LogP contribution in [0.1, 0.15) is 21.7 Å². The van der Waals surface area contributed by atoms with Gasteiger partial charge in [-0.3, -0.25) is 4.79 Å². The van der Waals surface area contributed by atoms with Crippen molar-refractivity contribution >= 4 is 38.7 Å². The molecule has 18 heavy (non-hydrogen) atoms. The first-order valence-corrected chi connectivity index (χ1v) is 7.51. The number of carbonyl (C=O) groups is 1. The molecule has 0 fully saturated rings.